The van der Waals surface area contributed by atoms with Gasteiger partial charge in [-0.1, -0.05) is 0 Å². The second kappa shape index (κ2) is 9.01. The molecule has 4 heteroatoms. The molecule has 0 unspecified atom stereocenters. The molecule has 4 heavy (non-hydrogen) atoms. The molecule has 0 aromatic rings. The van der Waals surface area contributed by atoms with Crippen molar-refractivity contribution in [1.82, 2.24) is 0 Å². The summed E-state index contributed by atoms with van der Waals surface area (Å²) in [5.74, 6) is 0. The molecule has 0 atom stereocenters. The maximum atomic E-state index is 9.93. The predicted octanol–water partition coefficient (Wildman–Crippen LogP) is 0.0804. The number of hydrogen-bond acceptors (Lipinski definition) is 0. The summed E-state index contributed by atoms with van der Waals surface area (Å²) < 4.78 is 9.93. The molecule has 0 amide bonds. The normalized spacial score (nSPS) is 3.50. The molecule has 0 saturated carbocycles. The van der Waals surface area contributed by atoms with Gasteiger partial charge in [0.1, 0.15) is 0 Å². The van der Waals surface area contributed by atoms with Crippen molar-refractivity contribution < 1.29 is 4.32 Å². The second-order valence-corrected chi connectivity index (χ2v) is 0.247. The van der Waals surface area contributed by atoms with Crippen LogP contribution in [0.1, 0.15) is 0 Å². The van der Waals surface area contributed by atoms with Gasteiger partial charge in [-0.15, -0.1) is 0 Å². The Hall–Kier alpha value is 2.34. The number of halogens is 2. The van der Waals surface area contributed by atoms with E-state index >= 15 is 0 Å². The minimum atomic E-state index is -0.0278. The molecule has 0 spiro atoms. The molecule has 19 valence electrons. The summed E-state index contributed by atoms with van der Waals surface area (Å²) in [6.45, 7) is -0.0278. The fourth-order valence-electron chi connectivity index (χ4n) is 0. The van der Waals surface area contributed by atoms with E-state index in [0.29, 0.717) is 0 Å². The van der Waals surface area contributed by atoms with E-state index < -0.39 is 0 Å². The van der Waals surface area contributed by atoms with Gasteiger partial charge >= 0.3 is 75.9 Å². The first kappa shape index (κ1) is 9.60. The van der Waals surface area contributed by atoms with Crippen LogP contribution in [0.3, 0.4) is 0 Å². The van der Waals surface area contributed by atoms with Gasteiger partial charge in [0, 0.05) is 0 Å². The van der Waals surface area contributed by atoms with Crippen LogP contribution >= 0.6 is 11.5 Å². The van der Waals surface area contributed by atoms with Crippen LogP contribution in [0, 0.1) is 0 Å². The third kappa shape index (κ3) is 8.84. The Morgan fingerprint density at radius 1 is 1.75 bits per heavy atom. The topological polar surface area (TPSA) is 0 Å². The molecule has 0 nitrogen and oxygen atoms in total. The van der Waals surface area contributed by atoms with Gasteiger partial charge in [0.15, 0.2) is 0 Å². The molecule has 0 aliphatic heterocycles. The quantitative estimate of drug-likeness (QED) is 0.485. The van der Waals surface area contributed by atoms with Crippen molar-refractivity contribution in [1.29, 1.82) is 0 Å². The molecule has 0 aromatic heterocycles. The number of hydrogen-bond donors (Lipinski definition) is 0. The van der Waals surface area contributed by atoms with Crippen LogP contribution in [0.2, 0.25) is 0 Å². The zero-order chi connectivity index (χ0) is 2.71. The van der Waals surface area contributed by atoms with Crippen molar-refractivity contribution >= 4 is 87.3 Å². The van der Waals surface area contributed by atoms with E-state index in [1.807, 2.05) is 0 Å². The van der Waals surface area contributed by atoms with Gasteiger partial charge in [0.25, 0.3) is 0 Å². The summed E-state index contributed by atoms with van der Waals surface area (Å²) in [4.78, 5) is 0. The molecule has 0 rings (SSSR count). The summed E-state index contributed by atoms with van der Waals surface area (Å²) in [6, 6.07) is 0. The van der Waals surface area contributed by atoms with E-state index in [1.165, 1.54) is 0 Å². The molecule has 0 bridgehead atoms. The van der Waals surface area contributed by atoms with Crippen molar-refractivity contribution in [2.75, 3.05) is 0 Å². The first-order chi connectivity index (χ1) is 1.41. The van der Waals surface area contributed by atoms with Crippen molar-refractivity contribution in [2.24, 2.45) is 0 Å². The van der Waals surface area contributed by atoms with Crippen molar-refractivity contribution in [3.8, 4) is 0 Å². The summed E-state index contributed by atoms with van der Waals surface area (Å²) in [6.07, 6.45) is 0. The van der Waals surface area contributed by atoms with Crippen LogP contribution in [-0.2, 0) is 0 Å². The average Bonchev–Trinajstić information content (AvgIpc) is 0.918. The van der Waals surface area contributed by atoms with Gasteiger partial charge in [-0.25, -0.2) is 0 Å². The molecule has 0 heterocycles. The molecule has 0 saturated heterocycles. The van der Waals surface area contributed by atoms with E-state index in [-0.39, 0.29) is 75.9 Å². The standard InChI is InChI=1S/BClF.Cs.H/c2-1-3;;. The van der Waals surface area contributed by atoms with Crippen LogP contribution in [0.5, 0.6) is 0 Å². The Bertz CT molecular complexity index is 8.00. The summed E-state index contributed by atoms with van der Waals surface area (Å²) in [5.41, 5.74) is 0. The molecule has 0 aliphatic carbocycles. The van der Waals surface area contributed by atoms with E-state index in [0.717, 1.165) is 0 Å². The minimum absolute atomic E-state index is 0. The Morgan fingerprint density at radius 2 is 1.75 bits per heavy atom. The fourth-order valence-corrected chi connectivity index (χ4v) is 0. The van der Waals surface area contributed by atoms with Crippen LogP contribution in [0.4, 0.5) is 4.32 Å². The summed E-state index contributed by atoms with van der Waals surface area (Å²) in [5, 5.41) is 0. The van der Waals surface area contributed by atoms with Gasteiger partial charge in [0.05, 0.1) is 0 Å². The van der Waals surface area contributed by atoms with Crippen LogP contribution in [0.25, 0.3) is 0 Å². The van der Waals surface area contributed by atoms with Gasteiger partial charge < -0.3 is 4.32 Å². The monoisotopic (exact) mass is 199 g/mol. The van der Waals surface area contributed by atoms with Crippen LogP contribution in [0.15, 0.2) is 0 Å². The average molecular weight is 199 g/mol. The van der Waals surface area contributed by atoms with E-state index in [1.54, 1.807) is 0 Å². The zero-order valence-electron chi connectivity index (χ0n) is 1.33. The fraction of sp³-hybridized carbons (Fsp3) is 0. The zero-order valence-corrected chi connectivity index (χ0v) is 2.09. The summed E-state index contributed by atoms with van der Waals surface area (Å²) in [7, 11) is 0. The Labute approximate surface area is 89.1 Å². The van der Waals surface area contributed by atoms with Gasteiger partial charge in [-0.3, -0.25) is 0 Å². The van der Waals surface area contributed by atoms with Gasteiger partial charge in [0.2, 0.25) is 0 Å². The molecular formula is HBClCsF. The number of rotatable bonds is 0. The van der Waals surface area contributed by atoms with E-state index in [9.17, 15) is 4.32 Å². The predicted molar refractivity (Wildman–Crippen MR) is 19.9 cm³/mol. The molecule has 0 N–H and O–H groups in total. The second-order valence-electron chi connectivity index (χ2n) is 0.0825. The van der Waals surface area contributed by atoms with E-state index in [4.69, 9.17) is 0 Å². The Morgan fingerprint density at radius 3 is 1.75 bits per heavy atom. The molecule has 1 radical (unpaired) electrons. The molecule has 0 aliphatic rings. The third-order valence-corrected chi connectivity index (χ3v) is 0. The summed E-state index contributed by atoms with van der Waals surface area (Å²) >= 11 is 4.21. The molecule has 0 aromatic carbocycles. The van der Waals surface area contributed by atoms with E-state index in [2.05, 4.69) is 11.5 Å². The first-order valence-corrected chi connectivity index (χ1v) is 0.873. The molecular weight excluding hydrogens is 198 g/mol. The Balaban J connectivity index is 0. The van der Waals surface area contributed by atoms with Gasteiger partial charge in [-0.2, -0.15) is 11.5 Å². The molecule has 0 fully saturated rings. The van der Waals surface area contributed by atoms with Gasteiger partial charge in [-0.05, 0) is 0 Å². The Kier molecular flexibility index (Phi) is 21.6. The maximum absolute atomic E-state index is 9.93. The SMILES string of the molecule is F[B]Cl.[CsH]. The van der Waals surface area contributed by atoms with Crippen molar-refractivity contribution in [2.45, 2.75) is 0 Å². The van der Waals surface area contributed by atoms with Crippen molar-refractivity contribution in [3.63, 3.8) is 0 Å². The first-order valence-electron chi connectivity index (χ1n) is 0.436. The van der Waals surface area contributed by atoms with Crippen molar-refractivity contribution in [3.05, 3.63) is 0 Å². The van der Waals surface area contributed by atoms with Crippen LogP contribution < -0.4 is 0 Å². The van der Waals surface area contributed by atoms with Crippen LogP contribution in [-0.4, -0.2) is 75.9 Å². The third-order valence-electron chi connectivity index (χ3n) is 0.